The third-order valence-corrected chi connectivity index (χ3v) is 3.61. The van der Waals surface area contributed by atoms with Crippen LogP contribution >= 0.6 is 11.8 Å². The van der Waals surface area contributed by atoms with Gasteiger partial charge in [0, 0.05) is 18.9 Å². The maximum absolute atomic E-state index is 13.6. The largest absolute Gasteiger partial charge is 0.332 e. The number of rotatable bonds is 4. The summed E-state index contributed by atoms with van der Waals surface area (Å²) in [5, 5.41) is 8.93. The molecule has 1 aromatic heterocycles. The van der Waals surface area contributed by atoms with E-state index in [0.717, 1.165) is 29.6 Å². The lowest BCUT2D eigenvalue weighted by Gasteiger charge is -2.09. The molecule has 2 amide bonds. The Hall–Kier alpha value is -2.09. The van der Waals surface area contributed by atoms with Crippen molar-refractivity contribution >= 4 is 23.5 Å². The number of thioether (sulfide) groups is 1. The van der Waals surface area contributed by atoms with Crippen LogP contribution in [0.25, 0.3) is 0 Å². The second-order valence-electron chi connectivity index (χ2n) is 4.23. The SMILES string of the molecule is CSc1c(F)cc(NC(=O)NCc2ccnn2C)cc1F. The van der Waals surface area contributed by atoms with Gasteiger partial charge in [-0.3, -0.25) is 4.68 Å². The van der Waals surface area contributed by atoms with Crippen molar-refractivity contribution in [2.24, 2.45) is 7.05 Å². The van der Waals surface area contributed by atoms with Crippen LogP contribution in [-0.4, -0.2) is 22.1 Å². The van der Waals surface area contributed by atoms with Gasteiger partial charge in [-0.05, 0) is 24.5 Å². The number of hydrogen-bond acceptors (Lipinski definition) is 3. The molecule has 0 unspecified atom stereocenters. The Morgan fingerprint density at radius 3 is 2.57 bits per heavy atom. The first-order valence-corrected chi connectivity index (χ1v) is 7.28. The molecule has 2 N–H and O–H groups in total. The number of carbonyl (C=O) groups excluding carboxylic acids is 1. The van der Waals surface area contributed by atoms with Crippen LogP contribution in [0, 0.1) is 11.6 Å². The normalized spacial score (nSPS) is 10.5. The molecule has 1 heterocycles. The van der Waals surface area contributed by atoms with Crippen molar-refractivity contribution in [3.05, 3.63) is 41.7 Å². The van der Waals surface area contributed by atoms with Crippen molar-refractivity contribution in [3.63, 3.8) is 0 Å². The molecule has 0 atom stereocenters. The van der Waals surface area contributed by atoms with E-state index in [-0.39, 0.29) is 17.1 Å². The fraction of sp³-hybridized carbons (Fsp3) is 0.231. The first kappa shape index (κ1) is 15.3. The first-order valence-electron chi connectivity index (χ1n) is 6.06. The molecule has 0 radical (unpaired) electrons. The van der Waals surface area contributed by atoms with Crippen molar-refractivity contribution in [1.82, 2.24) is 15.1 Å². The molecule has 1 aromatic carbocycles. The van der Waals surface area contributed by atoms with E-state index in [1.54, 1.807) is 30.2 Å². The van der Waals surface area contributed by atoms with Crippen molar-refractivity contribution in [2.75, 3.05) is 11.6 Å². The quantitative estimate of drug-likeness (QED) is 0.854. The van der Waals surface area contributed by atoms with Crippen molar-refractivity contribution in [3.8, 4) is 0 Å². The zero-order valence-corrected chi connectivity index (χ0v) is 12.3. The van der Waals surface area contributed by atoms with E-state index in [2.05, 4.69) is 15.7 Å². The highest BCUT2D eigenvalue weighted by molar-refractivity contribution is 7.98. The van der Waals surface area contributed by atoms with Crippen LogP contribution in [0.3, 0.4) is 0 Å². The lowest BCUT2D eigenvalue weighted by Crippen LogP contribution is -2.29. The van der Waals surface area contributed by atoms with Crippen molar-refractivity contribution in [2.45, 2.75) is 11.4 Å². The average Bonchev–Trinajstić information content (AvgIpc) is 2.81. The van der Waals surface area contributed by atoms with E-state index in [9.17, 15) is 13.6 Å². The predicted molar refractivity (Wildman–Crippen MR) is 77.2 cm³/mol. The minimum atomic E-state index is -0.704. The Bertz CT molecular complexity index is 636. The number of carbonyl (C=O) groups is 1. The van der Waals surface area contributed by atoms with Crippen molar-refractivity contribution < 1.29 is 13.6 Å². The van der Waals surface area contributed by atoms with Crippen LogP contribution in [0.1, 0.15) is 5.69 Å². The molecule has 0 aliphatic heterocycles. The van der Waals surface area contributed by atoms with E-state index in [0.29, 0.717) is 0 Å². The van der Waals surface area contributed by atoms with E-state index in [4.69, 9.17) is 0 Å². The molecule has 2 aromatic rings. The lowest BCUT2D eigenvalue weighted by atomic mass is 10.3. The van der Waals surface area contributed by atoms with Crippen molar-refractivity contribution in [1.29, 1.82) is 0 Å². The monoisotopic (exact) mass is 312 g/mol. The molecule has 8 heteroatoms. The van der Waals surface area contributed by atoms with E-state index >= 15 is 0 Å². The molecule has 0 saturated heterocycles. The Morgan fingerprint density at radius 1 is 1.38 bits per heavy atom. The Kier molecular flexibility index (Phi) is 4.79. The van der Waals surface area contributed by atoms with Crippen LogP contribution in [0.15, 0.2) is 29.3 Å². The number of nitrogens with zero attached hydrogens (tertiary/aromatic N) is 2. The lowest BCUT2D eigenvalue weighted by molar-refractivity contribution is 0.251. The zero-order chi connectivity index (χ0) is 15.4. The van der Waals surface area contributed by atoms with Gasteiger partial charge in [-0.2, -0.15) is 5.10 Å². The fourth-order valence-corrected chi connectivity index (χ4v) is 2.26. The van der Waals surface area contributed by atoms with Gasteiger partial charge < -0.3 is 10.6 Å². The predicted octanol–water partition coefficient (Wildman–Crippen LogP) is 2.74. The molecular formula is C13H14F2N4OS. The molecule has 5 nitrogen and oxygen atoms in total. The summed E-state index contributed by atoms with van der Waals surface area (Å²) in [6.45, 7) is 0.260. The summed E-state index contributed by atoms with van der Waals surface area (Å²) in [7, 11) is 1.75. The molecule has 2 rings (SSSR count). The van der Waals surface area contributed by atoms with Crippen LogP contribution < -0.4 is 10.6 Å². The van der Waals surface area contributed by atoms with Gasteiger partial charge in [-0.1, -0.05) is 0 Å². The molecule has 0 aliphatic carbocycles. The Morgan fingerprint density at radius 2 is 2.05 bits per heavy atom. The molecule has 0 bridgehead atoms. The number of benzene rings is 1. The van der Waals surface area contributed by atoms with Gasteiger partial charge in [0.1, 0.15) is 11.6 Å². The smallest absolute Gasteiger partial charge is 0.319 e. The topological polar surface area (TPSA) is 59.0 Å². The van der Waals surface area contributed by atoms with Gasteiger partial charge in [0.15, 0.2) is 0 Å². The summed E-state index contributed by atoms with van der Waals surface area (Å²) >= 11 is 0.972. The number of halogens is 2. The molecule has 0 spiro atoms. The van der Waals surface area contributed by atoms with Crippen LogP contribution in [-0.2, 0) is 13.6 Å². The second-order valence-corrected chi connectivity index (χ2v) is 5.04. The third kappa shape index (κ3) is 3.72. The molecule has 0 fully saturated rings. The first-order chi connectivity index (χ1) is 10.0. The highest BCUT2D eigenvalue weighted by atomic mass is 32.2. The van der Waals surface area contributed by atoms with Crippen LogP contribution in [0.2, 0.25) is 0 Å². The number of urea groups is 1. The minimum absolute atomic E-state index is 0.0605. The van der Waals surface area contributed by atoms with Gasteiger partial charge in [-0.25, -0.2) is 13.6 Å². The fourth-order valence-electron chi connectivity index (χ4n) is 1.75. The Labute approximate surface area is 124 Å². The number of aromatic nitrogens is 2. The minimum Gasteiger partial charge on any atom is -0.332 e. The maximum Gasteiger partial charge on any atom is 0.319 e. The summed E-state index contributed by atoms with van der Waals surface area (Å²) < 4.78 is 28.8. The summed E-state index contributed by atoms with van der Waals surface area (Å²) in [5.74, 6) is -1.41. The summed E-state index contributed by atoms with van der Waals surface area (Å²) in [5.41, 5.74) is 0.866. The summed E-state index contributed by atoms with van der Waals surface area (Å²) in [4.78, 5) is 11.6. The third-order valence-electron chi connectivity index (χ3n) is 2.81. The van der Waals surface area contributed by atoms with E-state index in [1.165, 1.54) is 0 Å². The maximum atomic E-state index is 13.6. The second kappa shape index (κ2) is 6.57. The zero-order valence-electron chi connectivity index (χ0n) is 11.5. The van der Waals surface area contributed by atoms with Gasteiger partial charge >= 0.3 is 6.03 Å². The molecular weight excluding hydrogens is 298 g/mol. The number of aryl methyl sites for hydroxylation is 1. The Balaban J connectivity index is 1.98. The number of nitrogens with one attached hydrogen (secondary N) is 2. The number of amides is 2. The van der Waals surface area contributed by atoms with Gasteiger partial charge in [-0.15, -0.1) is 11.8 Å². The number of hydrogen-bond donors (Lipinski definition) is 2. The molecule has 0 saturated carbocycles. The van der Waals surface area contributed by atoms with E-state index in [1.807, 2.05) is 0 Å². The average molecular weight is 312 g/mol. The summed E-state index contributed by atoms with van der Waals surface area (Å²) in [6.07, 6.45) is 3.19. The van der Waals surface area contributed by atoms with Gasteiger partial charge in [0.05, 0.1) is 17.1 Å². The standard InChI is InChI=1S/C13H14F2N4OS/c1-19-9(3-4-17-19)7-16-13(20)18-8-5-10(14)12(21-2)11(15)6-8/h3-6H,7H2,1-2H3,(H2,16,18,20). The van der Waals surface area contributed by atoms with Gasteiger partial charge in [0.25, 0.3) is 0 Å². The van der Waals surface area contributed by atoms with Crippen LogP contribution in [0.4, 0.5) is 19.3 Å². The molecule has 112 valence electrons. The number of anilines is 1. The highest BCUT2D eigenvalue weighted by Gasteiger charge is 2.12. The van der Waals surface area contributed by atoms with Crippen LogP contribution in [0.5, 0.6) is 0 Å². The summed E-state index contributed by atoms with van der Waals surface area (Å²) in [6, 6.07) is 3.37. The highest BCUT2D eigenvalue weighted by Crippen LogP contribution is 2.26. The van der Waals surface area contributed by atoms with Gasteiger partial charge in [0.2, 0.25) is 0 Å². The molecule has 21 heavy (non-hydrogen) atoms. The van der Waals surface area contributed by atoms with E-state index < -0.39 is 17.7 Å². The molecule has 0 aliphatic rings.